The Morgan fingerprint density at radius 1 is 1.35 bits per heavy atom. The molecule has 130 valence electrons. The first kappa shape index (κ1) is 16.4. The highest BCUT2D eigenvalue weighted by Gasteiger charge is 2.32. The normalized spacial score (nSPS) is 16.1. The Hall–Kier alpha value is -3.11. The third-order valence-corrected chi connectivity index (χ3v) is 5.12. The quantitative estimate of drug-likeness (QED) is 0.593. The average Bonchev–Trinajstić information content (AvgIpc) is 3.12. The third kappa shape index (κ3) is 2.30. The molecule has 7 heteroatoms. The molecule has 4 rings (SSSR count). The SMILES string of the molecule is COc1cc(C2C(C#N)=C(N)Oc3c2ccc2[nH]ccc32)cc(Br)c1O. The Labute approximate surface area is 157 Å². The lowest BCUT2D eigenvalue weighted by atomic mass is 9.83. The van der Waals surface area contributed by atoms with E-state index in [0.717, 1.165) is 22.0 Å². The minimum Gasteiger partial charge on any atom is -0.503 e. The predicted octanol–water partition coefficient (Wildman–Crippen LogP) is 3.86. The van der Waals surface area contributed by atoms with E-state index in [1.807, 2.05) is 24.4 Å². The molecule has 2 aromatic carbocycles. The Bertz CT molecular complexity index is 1110. The van der Waals surface area contributed by atoms with Crippen molar-refractivity contribution in [3.8, 4) is 23.3 Å². The number of nitrogens with two attached hydrogens (primary N) is 1. The lowest BCUT2D eigenvalue weighted by Crippen LogP contribution is -2.21. The number of benzene rings is 2. The van der Waals surface area contributed by atoms with E-state index >= 15 is 0 Å². The van der Waals surface area contributed by atoms with Crippen LogP contribution in [0.4, 0.5) is 0 Å². The Morgan fingerprint density at radius 3 is 2.88 bits per heavy atom. The molecule has 1 aliphatic heterocycles. The molecular weight excluding hydrogens is 398 g/mol. The van der Waals surface area contributed by atoms with Crippen molar-refractivity contribution in [2.75, 3.05) is 7.11 Å². The number of methoxy groups -OCH3 is 1. The Balaban J connectivity index is 2.01. The summed E-state index contributed by atoms with van der Waals surface area (Å²) in [5, 5.41) is 20.7. The van der Waals surface area contributed by atoms with Crippen LogP contribution < -0.4 is 15.2 Å². The van der Waals surface area contributed by atoms with Gasteiger partial charge in [-0.2, -0.15) is 5.26 Å². The van der Waals surface area contributed by atoms with Crippen LogP contribution in [0, 0.1) is 11.3 Å². The van der Waals surface area contributed by atoms with Crippen molar-refractivity contribution in [2.45, 2.75) is 5.92 Å². The number of halogens is 1. The summed E-state index contributed by atoms with van der Waals surface area (Å²) in [6.45, 7) is 0. The van der Waals surface area contributed by atoms with Gasteiger partial charge in [0.25, 0.3) is 0 Å². The highest BCUT2D eigenvalue weighted by molar-refractivity contribution is 9.10. The number of nitriles is 1. The van der Waals surface area contributed by atoms with Crippen LogP contribution in [-0.2, 0) is 0 Å². The van der Waals surface area contributed by atoms with Gasteiger partial charge in [-0.1, -0.05) is 6.07 Å². The smallest absolute Gasteiger partial charge is 0.205 e. The highest BCUT2D eigenvalue weighted by Crippen LogP contribution is 2.47. The van der Waals surface area contributed by atoms with E-state index in [1.165, 1.54) is 7.11 Å². The lowest BCUT2D eigenvalue weighted by Gasteiger charge is -2.27. The fourth-order valence-corrected chi connectivity index (χ4v) is 3.77. The van der Waals surface area contributed by atoms with Crippen LogP contribution in [0.3, 0.4) is 0 Å². The zero-order valence-electron chi connectivity index (χ0n) is 13.7. The van der Waals surface area contributed by atoms with Crippen molar-refractivity contribution in [3.63, 3.8) is 0 Å². The van der Waals surface area contributed by atoms with Gasteiger partial charge < -0.3 is 25.3 Å². The summed E-state index contributed by atoms with van der Waals surface area (Å²) in [6, 6.07) is 11.4. The number of rotatable bonds is 2. The fraction of sp³-hybridized carbons (Fsp3) is 0.105. The number of phenolic OH excluding ortho intramolecular Hbond substituents is 1. The van der Waals surface area contributed by atoms with Gasteiger partial charge in [0.15, 0.2) is 11.5 Å². The maximum absolute atomic E-state index is 10.1. The van der Waals surface area contributed by atoms with Crippen molar-refractivity contribution >= 4 is 26.8 Å². The molecule has 3 aromatic rings. The molecule has 4 N–H and O–H groups in total. The maximum atomic E-state index is 10.1. The summed E-state index contributed by atoms with van der Waals surface area (Å²) < 4.78 is 11.5. The predicted molar refractivity (Wildman–Crippen MR) is 100.0 cm³/mol. The topological polar surface area (TPSA) is 104 Å². The van der Waals surface area contributed by atoms with E-state index in [1.54, 1.807) is 12.1 Å². The molecule has 1 aromatic heterocycles. The van der Waals surface area contributed by atoms with E-state index in [4.69, 9.17) is 15.2 Å². The third-order valence-electron chi connectivity index (χ3n) is 4.52. The molecule has 1 aliphatic rings. The highest BCUT2D eigenvalue weighted by atomic mass is 79.9. The molecule has 0 fully saturated rings. The number of aromatic hydroxyl groups is 1. The first-order chi connectivity index (χ1) is 12.5. The molecule has 0 amide bonds. The molecule has 1 unspecified atom stereocenters. The van der Waals surface area contributed by atoms with Crippen LogP contribution >= 0.6 is 15.9 Å². The first-order valence-electron chi connectivity index (χ1n) is 7.79. The number of fused-ring (bicyclic) bond motifs is 3. The van der Waals surface area contributed by atoms with E-state index < -0.39 is 5.92 Å². The van der Waals surface area contributed by atoms with Crippen molar-refractivity contribution in [1.82, 2.24) is 4.98 Å². The van der Waals surface area contributed by atoms with Crippen LogP contribution in [0.25, 0.3) is 10.9 Å². The Morgan fingerprint density at radius 2 is 2.15 bits per heavy atom. The van der Waals surface area contributed by atoms with Crippen molar-refractivity contribution in [3.05, 3.63) is 63.6 Å². The summed E-state index contributed by atoms with van der Waals surface area (Å²) >= 11 is 3.34. The van der Waals surface area contributed by atoms with E-state index in [-0.39, 0.29) is 11.6 Å². The van der Waals surface area contributed by atoms with Crippen molar-refractivity contribution in [1.29, 1.82) is 5.26 Å². The van der Waals surface area contributed by atoms with Crippen molar-refractivity contribution < 1.29 is 14.6 Å². The fourth-order valence-electron chi connectivity index (χ4n) is 3.31. The van der Waals surface area contributed by atoms with Crippen LogP contribution in [-0.4, -0.2) is 17.2 Å². The number of hydrogen-bond donors (Lipinski definition) is 3. The second kappa shape index (κ2) is 6.00. The number of H-pyrrole nitrogens is 1. The zero-order chi connectivity index (χ0) is 18.4. The van der Waals surface area contributed by atoms with E-state index in [9.17, 15) is 10.4 Å². The van der Waals surface area contributed by atoms with Gasteiger partial charge in [-0.15, -0.1) is 0 Å². The lowest BCUT2D eigenvalue weighted by molar-refractivity contribution is 0.370. The number of aromatic nitrogens is 1. The summed E-state index contributed by atoms with van der Waals surface area (Å²) in [4.78, 5) is 3.14. The molecule has 0 spiro atoms. The van der Waals surface area contributed by atoms with Crippen LogP contribution in [0.15, 0.2) is 52.5 Å². The van der Waals surface area contributed by atoms with Gasteiger partial charge in [-0.05, 0) is 45.8 Å². The van der Waals surface area contributed by atoms with Gasteiger partial charge in [-0.25, -0.2) is 0 Å². The van der Waals surface area contributed by atoms with Gasteiger partial charge >= 0.3 is 0 Å². The second-order valence-corrected chi connectivity index (χ2v) is 6.76. The largest absolute Gasteiger partial charge is 0.503 e. The number of allylic oxidation sites excluding steroid dienone is 1. The van der Waals surface area contributed by atoms with Gasteiger partial charge in [-0.3, -0.25) is 0 Å². The molecule has 6 nitrogen and oxygen atoms in total. The molecular formula is C19H14BrN3O3. The molecule has 26 heavy (non-hydrogen) atoms. The van der Waals surface area contributed by atoms with Gasteiger partial charge in [0.05, 0.1) is 17.5 Å². The zero-order valence-corrected chi connectivity index (χ0v) is 15.3. The number of nitrogens with one attached hydrogen (secondary N) is 1. The minimum atomic E-state index is -0.436. The molecule has 2 heterocycles. The number of hydrogen-bond acceptors (Lipinski definition) is 5. The monoisotopic (exact) mass is 411 g/mol. The number of phenols is 1. The molecule has 0 saturated carbocycles. The number of aromatic amines is 1. The van der Waals surface area contributed by atoms with Crippen molar-refractivity contribution in [2.24, 2.45) is 5.73 Å². The average molecular weight is 412 g/mol. The number of nitrogens with zero attached hydrogens (tertiary/aromatic N) is 1. The molecule has 0 radical (unpaired) electrons. The van der Waals surface area contributed by atoms with Crippen LogP contribution in [0.1, 0.15) is 17.0 Å². The summed E-state index contributed by atoms with van der Waals surface area (Å²) in [7, 11) is 1.47. The summed E-state index contributed by atoms with van der Waals surface area (Å²) in [5.41, 5.74) is 8.87. The minimum absolute atomic E-state index is 0.0000729. The maximum Gasteiger partial charge on any atom is 0.205 e. The Kier molecular flexibility index (Phi) is 3.78. The summed E-state index contributed by atoms with van der Waals surface area (Å²) in [6.07, 6.45) is 1.82. The summed E-state index contributed by atoms with van der Waals surface area (Å²) in [5.74, 6) is 0.560. The first-order valence-corrected chi connectivity index (χ1v) is 8.58. The molecule has 1 atom stereocenters. The van der Waals surface area contributed by atoms with Crippen LogP contribution in [0.2, 0.25) is 0 Å². The molecule has 0 aliphatic carbocycles. The van der Waals surface area contributed by atoms with Gasteiger partial charge in [0.1, 0.15) is 17.4 Å². The molecule has 0 bridgehead atoms. The standard InChI is InChI=1S/C19H14BrN3O3/c1-25-15-7-9(6-13(20)17(15)24)16-11-2-3-14-10(4-5-23-14)18(11)26-19(22)12(16)8-21/h2-7,16,23-24H,22H2,1H3. The second-order valence-electron chi connectivity index (χ2n) is 5.90. The van der Waals surface area contributed by atoms with Gasteiger partial charge in [0, 0.05) is 22.7 Å². The van der Waals surface area contributed by atoms with E-state index in [2.05, 4.69) is 27.0 Å². The molecule has 0 saturated heterocycles. The van der Waals surface area contributed by atoms with Gasteiger partial charge in [0.2, 0.25) is 5.88 Å². The number of ether oxygens (including phenoxy) is 2. The van der Waals surface area contributed by atoms with E-state index in [0.29, 0.717) is 21.5 Å². The van der Waals surface area contributed by atoms with Crippen LogP contribution in [0.5, 0.6) is 17.2 Å².